The molecule has 2 amide bonds. The van der Waals surface area contributed by atoms with E-state index in [0.29, 0.717) is 35.3 Å². The molecule has 1 aliphatic heterocycles. The lowest BCUT2D eigenvalue weighted by Gasteiger charge is -2.17. The summed E-state index contributed by atoms with van der Waals surface area (Å²) in [5, 5.41) is 5.66. The van der Waals surface area contributed by atoms with Crippen LogP contribution in [0, 0.1) is 0 Å². The number of anilines is 1. The van der Waals surface area contributed by atoms with E-state index in [1.165, 1.54) is 11.8 Å². The molecule has 0 fully saturated rings. The second-order valence-electron chi connectivity index (χ2n) is 5.77. The maximum absolute atomic E-state index is 12.3. The van der Waals surface area contributed by atoms with Gasteiger partial charge in [0.1, 0.15) is 16.4 Å². The fourth-order valence-electron chi connectivity index (χ4n) is 2.47. The molecule has 0 radical (unpaired) electrons. The predicted octanol–water partition coefficient (Wildman–Crippen LogP) is 3.07. The van der Waals surface area contributed by atoms with Crippen molar-refractivity contribution in [3.63, 3.8) is 0 Å². The molecule has 1 aromatic carbocycles. The minimum Gasteiger partial charge on any atom is -0.496 e. The number of furan rings is 1. The van der Waals surface area contributed by atoms with Gasteiger partial charge in [0.15, 0.2) is 0 Å². The molecular weight excluding hydrogens is 352 g/mol. The molecule has 2 N–H and O–H groups in total. The van der Waals surface area contributed by atoms with Gasteiger partial charge in [-0.05, 0) is 36.8 Å². The number of allylic oxidation sites excluding steroid dienone is 1. The van der Waals surface area contributed by atoms with E-state index < -0.39 is 0 Å². The third-order valence-corrected chi connectivity index (χ3v) is 4.92. The second-order valence-corrected chi connectivity index (χ2v) is 6.87. The Labute approximate surface area is 156 Å². The number of carbonyl (C=O) groups is 2. The minimum absolute atomic E-state index is 0.0882. The molecule has 6 nitrogen and oxygen atoms in total. The number of rotatable bonds is 6. The minimum atomic E-state index is -0.170. The summed E-state index contributed by atoms with van der Waals surface area (Å²) in [6.07, 6.45) is 1.84. The molecule has 2 aromatic rings. The number of amides is 2. The molecule has 136 valence electrons. The van der Waals surface area contributed by atoms with Crippen LogP contribution in [0.1, 0.15) is 18.2 Å². The molecule has 1 aliphatic rings. The van der Waals surface area contributed by atoms with Crippen LogP contribution >= 0.6 is 11.8 Å². The Kier molecular flexibility index (Phi) is 6.01. The van der Waals surface area contributed by atoms with Crippen LogP contribution in [0.15, 0.2) is 57.7 Å². The van der Waals surface area contributed by atoms with E-state index in [9.17, 15) is 9.59 Å². The average Bonchev–Trinajstić information content (AvgIpc) is 3.15. The third kappa shape index (κ3) is 4.92. The van der Waals surface area contributed by atoms with Crippen molar-refractivity contribution in [3.8, 4) is 0 Å². The smallest absolute Gasteiger partial charge is 0.265 e. The van der Waals surface area contributed by atoms with Gasteiger partial charge in [-0.15, -0.1) is 11.8 Å². The molecule has 0 aliphatic carbocycles. The average molecular weight is 372 g/mol. The van der Waals surface area contributed by atoms with E-state index in [-0.39, 0.29) is 18.2 Å². The van der Waals surface area contributed by atoms with E-state index in [2.05, 4.69) is 10.6 Å². The quantitative estimate of drug-likeness (QED) is 0.815. The van der Waals surface area contributed by atoms with Gasteiger partial charge in [-0.25, -0.2) is 0 Å². The van der Waals surface area contributed by atoms with Crippen LogP contribution in [0.2, 0.25) is 0 Å². The molecule has 0 saturated heterocycles. The summed E-state index contributed by atoms with van der Waals surface area (Å²) >= 11 is 1.50. The lowest BCUT2D eigenvalue weighted by molar-refractivity contribution is -0.120. The molecule has 1 aromatic heterocycles. The monoisotopic (exact) mass is 372 g/mol. The summed E-state index contributed by atoms with van der Waals surface area (Å²) in [5.74, 6) is 1.88. The number of carbonyl (C=O) groups excluding carboxylic acids is 2. The van der Waals surface area contributed by atoms with Gasteiger partial charge in [0.25, 0.3) is 5.91 Å². The van der Waals surface area contributed by atoms with E-state index in [0.717, 1.165) is 11.3 Å². The second kappa shape index (κ2) is 8.62. The molecule has 0 spiro atoms. The van der Waals surface area contributed by atoms with Gasteiger partial charge >= 0.3 is 0 Å². The highest BCUT2D eigenvalue weighted by atomic mass is 32.2. The highest BCUT2D eigenvalue weighted by Gasteiger charge is 2.18. The molecule has 0 saturated carbocycles. The zero-order valence-corrected chi connectivity index (χ0v) is 15.2. The van der Waals surface area contributed by atoms with Gasteiger partial charge in [-0.3, -0.25) is 9.59 Å². The largest absolute Gasteiger partial charge is 0.496 e. The number of ether oxygens (including phenoxy) is 1. The van der Waals surface area contributed by atoms with Crippen molar-refractivity contribution < 1.29 is 18.7 Å². The van der Waals surface area contributed by atoms with Crippen molar-refractivity contribution in [2.24, 2.45) is 0 Å². The van der Waals surface area contributed by atoms with Crippen molar-refractivity contribution in [2.45, 2.75) is 19.9 Å². The Morgan fingerprint density at radius 3 is 2.69 bits per heavy atom. The van der Waals surface area contributed by atoms with Crippen molar-refractivity contribution in [2.75, 3.05) is 17.7 Å². The number of thioether (sulfide) groups is 1. The van der Waals surface area contributed by atoms with Gasteiger partial charge < -0.3 is 19.8 Å². The van der Waals surface area contributed by atoms with Crippen LogP contribution in [0.4, 0.5) is 5.69 Å². The third-order valence-electron chi connectivity index (χ3n) is 3.79. The summed E-state index contributed by atoms with van der Waals surface area (Å²) in [5.41, 5.74) is 1.55. The highest BCUT2D eigenvalue weighted by Crippen LogP contribution is 2.26. The summed E-state index contributed by atoms with van der Waals surface area (Å²) in [7, 11) is 0. The van der Waals surface area contributed by atoms with Crippen LogP contribution in [-0.2, 0) is 27.3 Å². The van der Waals surface area contributed by atoms with Crippen LogP contribution in [0.25, 0.3) is 0 Å². The molecule has 26 heavy (non-hydrogen) atoms. The predicted molar refractivity (Wildman–Crippen MR) is 100 cm³/mol. The van der Waals surface area contributed by atoms with Crippen molar-refractivity contribution in [1.29, 1.82) is 0 Å². The Morgan fingerprint density at radius 2 is 2.00 bits per heavy atom. The van der Waals surface area contributed by atoms with Crippen molar-refractivity contribution >= 4 is 29.3 Å². The first-order valence-corrected chi connectivity index (χ1v) is 9.26. The number of hydrogen-bond donors (Lipinski definition) is 2. The van der Waals surface area contributed by atoms with Crippen LogP contribution in [0.3, 0.4) is 0 Å². The highest BCUT2D eigenvalue weighted by molar-refractivity contribution is 8.04. The number of benzene rings is 1. The van der Waals surface area contributed by atoms with Gasteiger partial charge in [0, 0.05) is 11.4 Å². The maximum Gasteiger partial charge on any atom is 0.265 e. The van der Waals surface area contributed by atoms with E-state index in [4.69, 9.17) is 9.15 Å². The first kappa shape index (κ1) is 18.1. The number of hydrogen-bond acceptors (Lipinski definition) is 5. The normalized spacial score (nSPS) is 13.9. The van der Waals surface area contributed by atoms with Gasteiger partial charge in [0.2, 0.25) is 5.91 Å². The molecular formula is C19H20N2O4S. The van der Waals surface area contributed by atoms with Crippen LogP contribution < -0.4 is 10.6 Å². The summed E-state index contributed by atoms with van der Waals surface area (Å²) in [4.78, 5) is 24.9. The zero-order chi connectivity index (χ0) is 18.4. The topological polar surface area (TPSA) is 80.6 Å². The lowest BCUT2D eigenvalue weighted by Crippen LogP contribution is -2.24. The molecule has 0 atom stereocenters. The first-order chi connectivity index (χ1) is 12.6. The van der Waals surface area contributed by atoms with E-state index in [1.54, 1.807) is 31.4 Å². The standard InChI is InChI=1S/C19H20N2O4S/c1-13-18(26-10-9-24-13)19(23)21-15-6-4-14(5-7-15)11-17(22)20-12-16-3-2-8-25-16/h2-8H,9-12H2,1H3,(H,20,22)(H,21,23). The first-order valence-electron chi connectivity index (χ1n) is 8.27. The van der Waals surface area contributed by atoms with Crippen LogP contribution in [-0.4, -0.2) is 24.2 Å². The van der Waals surface area contributed by atoms with Crippen LogP contribution in [0.5, 0.6) is 0 Å². The van der Waals surface area contributed by atoms with Gasteiger partial charge in [-0.2, -0.15) is 0 Å². The maximum atomic E-state index is 12.3. The Balaban J connectivity index is 1.51. The van der Waals surface area contributed by atoms with Gasteiger partial charge in [-0.1, -0.05) is 12.1 Å². The fraction of sp³-hybridized carbons (Fsp3) is 0.263. The Morgan fingerprint density at radius 1 is 1.19 bits per heavy atom. The lowest BCUT2D eigenvalue weighted by atomic mass is 10.1. The van der Waals surface area contributed by atoms with Crippen molar-refractivity contribution in [3.05, 3.63) is 64.6 Å². The molecule has 3 rings (SSSR count). The van der Waals surface area contributed by atoms with E-state index in [1.807, 2.05) is 18.2 Å². The Bertz CT molecular complexity index is 797. The molecule has 7 heteroatoms. The van der Waals surface area contributed by atoms with E-state index >= 15 is 0 Å². The summed E-state index contributed by atoms with van der Waals surface area (Å²) < 4.78 is 10.6. The fourth-order valence-corrected chi connectivity index (χ4v) is 3.29. The Hall–Kier alpha value is -2.67. The van der Waals surface area contributed by atoms with Crippen molar-refractivity contribution in [1.82, 2.24) is 5.32 Å². The van der Waals surface area contributed by atoms with Gasteiger partial charge in [0.05, 0.1) is 25.8 Å². The SMILES string of the molecule is CC1=C(C(=O)Nc2ccc(CC(=O)NCc3ccco3)cc2)SCCO1. The summed E-state index contributed by atoms with van der Waals surface area (Å²) in [6.45, 7) is 2.80. The number of nitrogens with one attached hydrogen (secondary N) is 2. The summed E-state index contributed by atoms with van der Waals surface area (Å²) in [6, 6.07) is 10.8. The molecule has 0 bridgehead atoms. The zero-order valence-electron chi connectivity index (χ0n) is 14.4. The molecule has 0 unspecified atom stereocenters. The molecule has 2 heterocycles.